The van der Waals surface area contributed by atoms with E-state index in [0.29, 0.717) is 24.5 Å². The van der Waals surface area contributed by atoms with E-state index in [0.717, 1.165) is 51.8 Å². The molecule has 2 aromatic carbocycles. The Labute approximate surface area is 202 Å². The number of carboxylic acid groups (broad SMARTS) is 1. The van der Waals surface area contributed by atoms with E-state index in [1.54, 1.807) is 6.08 Å². The quantitative estimate of drug-likeness (QED) is 0.242. The Balaban J connectivity index is 0.00000199. The minimum Gasteiger partial charge on any atom is -0.489 e. The molecule has 5 nitrogen and oxygen atoms in total. The highest BCUT2D eigenvalue weighted by Gasteiger charge is 2.17. The largest absolute Gasteiger partial charge is 0.489 e. The van der Waals surface area contributed by atoms with Crippen molar-refractivity contribution in [1.29, 1.82) is 0 Å². The number of fused-ring (bicyclic) bond motifs is 1. The van der Waals surface area contributed by atoms with Crippen LogP contribution in [-0.2, 0) is 29.1 Å². The lowest BCUT2D eigenvalue weighted by Gasteiger charge is -2.13. The van der Waals surface area contributed by atoms with Crippen molar-refractivity contribution in [2.45, 2.75) is 67.0 Å². The average molecular weight is 464 g/mol. The molecule has 5 heteroatoms. The topological polar surface area (TPSA) is 85.7 Å². The van der Waals surface area contributed by atoms with Crippen molar-refractivity contribution in [3.63, 3.8) is 0 Å². The lowest BCUT2D eigenvalue weighted by Crippen LogP contribution is -2.04. The first-order valence-electron chi connectivity index (χ1n) is 12.0. The van der Waals surface area contributed by atoms with Crippen molar-refractivity contribution in [3.05, 3.63) is 82.8 Å². The molecule has 0 aliphatic carbocycles. The summed E-state index contributed by atoms with van der Waals surface area (Å²) in [4.78, 5) is 11.2. The van der Waals surface area contributed by atoms with Gasteiger partial charge in [0.2, 0.25) is 0 Å². The molecule has 0 fully saturated rings. The lowest BCUT2D eigenvalue weighted by molar-refractivity contribution is -0.136. The molecule has 0 saturated heterocycles. The van der Waals surface area contributed by atoms with Crippen LogP contribution >= 0.6 is 0 Å². The van der Waals surface area contributed by atoms with Crippen molar-refractivity contribution < 1.29 is 19.1 Å². The van der Waals surface area contributed by atoms with Crippen molar-refractivity contribution in [1.82, 2.24) is 0 Å². The highest BCUT2D eigenvalue weighted by molar-refractivity contribution is 5.87. The van der Waals surface area contributed by atoms with E-state index in [-0.39, 0.29) is 6.42 Å². The number of rotatable bonds is 10. The van der Waals surface area contributed by atoms with Crippen LogP contribution in [0.25, 0.3) is 22.1 Å². The number of carboxylic acids is 1. The van der Waals surface area contributed by atoms with Crippen LogP contribution in [0, 0.1) is 0 Å². The maximum atomic E-state index is 11.2. The summed E-state index contributed by atoms with van der Waals surface area (Å²) in [5, 5.41) is 10.2. The Bertz CT molecular complexity index is 1150. The number of aryl methyl sites for hydroxylation is 1. The summed E-state index contributed by atoms with van der Waals surface area (Å²) in [6, 6.07) is 14.4. The van der Waals surface area contributed by atoms with Crippen molar-refractivity contribution >= 4 is 16.9 Å². The minimum absolute atomic E-state index is 0.0776. The van der Waals surface area contributed by atoms with Crippen LogP contribution in [0.15, 0.2) is 70.4 Å². The van der Waals surface area contributed by atoms with Gasteiger partial charge in [-0.1, -0.05) is 51.1 Å². The number of ether oxygens (including phenoxy) is 1. The van der Waals surface area contributed by atoms with Gasteiger partial charge in [0.25, 0.3) is 0 Å². The van der Waals surface area contributed by atoms with Crippen LogP contribution < -0.4 is 5.73 Å². The number of nitrogens with two attached hydrogens (primary N) is 1. The highest BCUT2D eigenvalue weighted by atomic mass is 16.5. The molecule has 0 aliphatic heterocycles. The third kappa shape index (κ3) is 6.61. The fourth-order valence-electron chi connectivity index (χ4n) is 3.85. The SMILES string of the molecule is C/C=C(CC(=O)O)\C(=C/C)OCc1c(CCC)oc2ccc(-c3cccc(CN)c3)cc12.CC. The second-order valence-corrected chi connectivity index (χ2v) is 7.70. The average Bonchev–Trinajstić information content (AvgIpc) is 3.21. The van der Waals surface area contributed by atoms with Gasteiger partial charge in [0, 0.05) is 29.5 Å². The maximum absolute atomic E-state index is 11.2. The molecule has 0 spiro atoms. The molecule has 0 bridgehead atoms. The molecule has 0 amide bonds. The smallest absolute Gasteiger partial charge is 0.307 e. The number of furan rings is 1. The number of hydrogen-bond acceptors (Lipinski definition) is 4. The van der Waals surface area contributed by atoms with Gasteiger partial charge in [0.05, 0.1) is 6.42 Å². The van der Waals surface area contributed by atoms with E-state index >= 15 is 0 Å². The summed E-state index contributed by atoms with van der Waals surface area (Å²) in [6.07, 6.45) is 5.28. The summed E-state index contributed by atoms with van der Waals surface area (Å²) >= 11 is 0. The summed E-state index contributed by atoms with van der Waals surface area (Å²) in [6.45, 7) is 10.6. The van der Waals surface area contributed by atoms with Gasteiger partial charge in [0.15, 0.2) is 0 Å². The van der Waals surface area contributed by atoms with E-state index in [9.17, 15) is 9.90 Å². The monoisotopic (exact) mass is 463 g/mol. The molecule has 1 aromatic heterocycles. The van der Waals surface area contributed by atoms with Gasteiger partial charge in [0.1, 0.15) is 23.7 Å². The summed E-state index contributed by atoms with van der Waals surface area (Å²) in [5.41, 5.74) is 11.6. The predicted molar refractivity (Wildman–Crippen MR) is 139 cm³/mol. The second-order valence-electron chi connectivity index (χ2n) is 7.70. The van der Waals surface area contributed by atoms with Crippen LogP contribution in [0.2, 0.25) is 0 Å². The zero-order valence-corrected chi connectivity index (χ0v) is 21.0. The van der Waals surface area contributed by atoms with E-state index < -0.39 is 5.97 Å². The Hall–Kier alpha value is -3.31. The van der Waals surface area contributed by atoms with Crippen LogP contribution in [-0.4, -0.2) is 11.1 Å². The molecule has 1 heterocycles. The van der Waals surface area contributed by atoms with Gasteiger partial charge in [-0.15, -0.1) is 0 Å². The molecule has 34 heavy (non-hydrogen) atoms. The van der Waals surface area contributed by atoms with Gasteiger partial charge >= 0.3 is 5.97 Å². The Morgan fingerprint density at radius 3 is 2.44 bits per heavy atom. The van der Waals surface area contributed by atoms with Crippen molar-refractivity contribution in [2.24, 2.45) is 5.73 Å². The summed E-state index contributed by atoms with van der Waals surface area (Å²) in [5.74, 6) is 0.607. The molecule has 0 radical (unpaired) electrons. The molecule has 3 N–H and O–H groups in total. The molecule has 0 saturated carbocycles. The standard InChI is InChI=1S/C27H31NO4.C2H6/c1-4-8-25-23(17-31-24(6-3)19(5-2)15-27(29)30)22-14-21(11-12-26(22)32-25)20-10-7-9-18(13-20)16-28;1-2/h5-7,9-14H,4,8,15-17,28H2,1-3H3,(H,29,30);1-2H3/b19-5-,24-6+;. The van der Waals surface area contributed by atoms with Crippen LogP contribution in [0.5, 0.6) is 0 Å². The zero-order valence-electron chi connectivity index (χ0n) is 21.0. The molecule has 0 aliphatic rings. The highest BCUT2D eigenvalue weighted by Crippen LogP contribution is 2.33. The molecule has 3 rings (SSSR count). The number of benzene rings is 2. The van der Waals surface area contributed by atoms with Gasteiger partial charge in [-0.2, -0.15) is 0 Å². The van der Waals surface area contributed by atoms with E-state index in [1.807, 2.05) is 52.0 Å². The lowest BCUT2D eigenvalue weighted by atomic mass is 10.00. The Morgan fingerprint density at radius 1 is 1.09 bits per heavy atom. The molecule has 0 unspecified atom stereocenters. The normalized spacial score (nSPS) is 11.8. The molecule has 3 aromatic rings. The Morgan fingerprint density at radius 2 is 1.82 bits per heavy atom. The van der Waals surface area contributed by atoms with Gasteiger partial charge in [-0.05, 0) is 61.2 Å². The van der Waals surface area contributed by atoms with Crippen LogP contribution in [0.1, 0.15) is 64.3 Å². The number of carbonyl (C=O) groups is 1. The van der Waals surface area contributed by atoms with Crippen molar-refractivity contribution in [3.8, 4) is 11.1 Å². The van der Waals surface area contributed by atoms with E-state index in [2.05, 4.69) is 31.2 Å². The minimum atomic E-state index is -0.883. The third-order valence-corrected chi connectivity index (χ3v) is 5.49. The zero-order chi connectivity index (χ0) is 25.1. The fraction of sp³-hybridized carbons (Fsp3) is 0.345. The Kier molecular flexibility index (Phi) is 10.6. The summed E-state index contributed by atoms with van der Waals surface area (Å²) < 4.78 is 12.3. The predicted octanol–water partition coefficient (Wildman–Crippen LogP) is 7.38. The first kappa shape index (κ1) is 26.9. The number of hydrogen-bond donors (Lipinski definition) is 2. The number of aliphatic carboxylic acids is 1. The van der Waals surface area contributed by atoms with Gasteiger partial charge in [-0.3, -0.25) is 4.79 Å². The number of allylic oxidation sites excluding steroid dienone is 3. The molecule has 0 atom stereocenters. The first-order valence-corrected chi connectivity index (χ1v) is 12.0. The van der Waals surface area contributed by atoms with E-state index in [4.69, 9.17) is 14.9 Å². The van der Waals surface area contributed by atoms with E-state index in [1.165, 1.54) is 0 Å². The van der Waals surface area contributed by atoms with Gasteiger partial charge in [-0.25, -0.2) is 0 Å². The second kappa shape index (κ2) is 13.4. The molecular formula is C29H37NO4. The van der Waals surface area contributed by atoms with Gasteiger partial charge < -0.3 is 20.0 Å². The third-order valence-electron chi connectivity index (χ3n) is 5.49. The first-order chi connectivity index (χ1) is 16.5. The molecular weight excluding hydrogens is 426 g/mol. The molecule has 182 valence electrons. The fourth-order valence-corrected chi connectivity index (χ4v) is 3.85. The van der Waals surface area contributed by atoms with Crippen molar-refractivity contribution in [2.75, 3.05) is 0 Å². The maximum Gasteiger partial charge on any atom is 0.307 e. The van der Waals surface area contributed by atoms with Crippen LogP contribution in [0.3, 0.4) is 0 Å². The van der Waals surface area contributed by atoms with Crippen LogP contribution in [0.4, 0.5) is 0 Å². The summed E-state index contributed by atoms with van der Waals surface area (Å²) in [7, 11) is 0.